The summed E-state index contributed by atoms with van der Waals surface area (Å²) in [4.78, 5) is 17.1. The van der Waals surface area contributed by atoms with Gasteiger partial charge in [0.2, 0.25) is 0 Å². The van der Waals surface area contributed by atoms with Crippen LogP contribution in [-0.4, -0.2) is 23.2 Å². The quantitative estimate of drug-likeness (QED) is 0.674. The average Bonchev–Trinajstić information content (AvgIpc) is 2.71. The van der Waals surface area contributed by atoms with Gasteiger partial charge in [-0.25, -0.2) is 9.78 Å². The average molecular weight is 279 g/mol. The van der Waals surface area contributed by atoms with Gasteiger partial charge in [-0.05, 0) is 36.4 Å². The van der Waals surface area contributed by atoms with Crippen molar-refractivity contribution in [2.75, 3.05) is 11.9 Å². The Kier molecular flexibility index (Phi) is 3.41. The first kappa shape index (κ1) is 12.7. The highest BCUT2D eigenvalue weighted by Crippen LogP contribution is 2.33. The maximum absolute atomic E-state index is 10.9. The van der Waals surface area contributed by atoms with Crippen LogP contribution in [0.3, 0.4) is 0 Å². The third-order valence-corrected chi connectivity index (χ3v) is 4.25. The first-order valence-electron chi connectivity index (χ1n) is 4.96. The summed E-state index contributed by atoms with van der Waals surface area (Å²) >= 11 is 2.39. The van der Waals surface area contributed by atoms with Crippen molar-refractivity contribution in [2.45, 2.75) is 11.8 Å². The number of thiazole rings is 1. The van der Waals surface area contributed by atoms with Crippen molar-refractivity contribution in [3.63, 3.8) is 0 Å². The van der Waals surface area contributed by atoms with Crippen molar-refractivity contribution in [1.82, 2.24) is 4.98 Å². The number of nitrogens with zero attached hydrogens (tertiary/aromatic N) is 3. The van der Waals surface area contributed by atoms with E-state index in [2.05, 4.69) is 4.98 Å². The second-order valence-electron chi connectivity index (χ2n) is 3.62. The van der Waals surface area contributed by atoms with Crippen molar-refractivity contribution in [3.8, 4) is 5.40 Å². The second-order valence-corrected chi connectivity index (χ2v) is 5.45. The zero-order chi connectivity index (χ0) is 13.3. The predicted molar refractivity (Wildman–Crippen MR) is 72.3 cm³/mol. The lowest BCUT2D eigenvalue weighted by molar-refractivity contribution is 0.203. The molecule has 0 aliphatic rings. The maximum Gasteiger partial charge on any atom is 0.413 e. The summed E-state index contributed by atoms with van der Waals surface area (Å²) in [7, 11) is 1.46. The zero-order valence-corrected chi connectivity index (χ0v) is 11.3. The van der Waals surface area contributed by atoms with Gasteiger partial charge >= 0.3 is 6.09 Å². The second kappa shape index (κ2) is 4.84. The lowest BCUT2D eigenvalue weighted by Crippen LogP contribution is -2.23. The number of nitriles is 1. The molecule has 0 bridgehead atoms. The number of benzene rings is 1. The Hall–Kier alpha value is -1.78. The molecule has 92 valence electrons. The van der Waals surface area contributed by atoms with Crippen LogP contribution in [0.25, 0.3) is 10.2 Å². The van der Waals surface area contributed by atoms with Crippen molar-refractivity contribution >= 4 is 44.5 Å². The molecule has 0 spiro atoms. The molecule has 2 aromatic rings. The number of thiocyanates is 1. The molecule has 7 heteroatoms. The Bertz CT molecular complexity index is 660. The maximum atomic E-state index is 10.9. The van der Waals surface area contributed by atoms with Crippen molar-refractivity contribution in [2.24, 2.45) is 0 Å². The van der Waals surface area contributed by atoms with Crippen LogP contribution in [0.2, 0.25) is 0 Å². The van der Waals surface area contributed by atoms with E-state index in [1.807, 2.05) is 24.5 Å². The van der Waals surface area contributed by atoms with Crippen LogP contribution in [0.15, 0.2) is 17.0 Å². The van der Waals surface area contributed by atoms with Crippen LogP contribution in [-0.2, 0) is 0 Å². The Balaban J connectivity index is 2.52. The molecule has 0 saturated heterocycles. The topological polar surface area (TPSA) is 77.2 Å². The smallest absolute Gasteiger partial charge is 0.413 e. The molecule has 0 atom stereocenters. The molecule has 0 radical (unpaired) electrons. The number of hydrogen-bond acceptors (Lipinski definition) is 5. The number of anilines is 1. The Morgan fingerprint density at radius 3 is 2.94 bits per heavy atom. The fourth-order valence-corrected chi connectivity index (χ4v) is 2.94. The number of fused-ring (bicyclic) bond motifs is 1. The van der Waals surface area contributed by atoms with E-state index in [0.29, 0.717) is 5.13 Å². The molecular weight excluding hydrogens is 270 g/mol. The number of rotatable bonds is 2. The number of aryl methyl sites for hydroxylation is 1. The van der Waals surface area contributed by atoms with Crippen LogP contribution < -0.4 is 4.90 Å². The van der Waals surface area contributed by atoms with Crippen LogP contribution in [0.5, 0.6) is 0 Å². The normalized spacial score (nSPS) is 10.3. The molecular formula is C11H9N3O2S2. The van der Waals surface area contributed by atoms with Crippen molar-refractivity contribution in [1.29, 1.82) is 5.26 Å². The van der Waals surface area contributed by atoms with Gasteiger partial charge < -0.3 is 5.11 Å². The van der Waals surface area contributed by atoms with Gasteiger partial charge in [0, 0.05) is 11.9 Å². The standard InChI is InChI=1S/C11H9N3O2S2/c1-6-3-7-9(4-8(6)17-5-12)18-10(13-7)14(2)11(15)16/h3-4H,1-2H3,(H,15,16). The van der Waals surface area contributed by atoms with Crippen LogP contribution in [0, 0.1) is 17.6 Å². The van der Waals surface area contributed by atoms with Gasteiger partial charge in [-0.15, -0.1) is 0 Å². The van der Waals surface area contributed by atoms with Crippen LogP contribution >= 0.6 is 23.1 Å². The van der Waals surface area contributed by atoms with Gasteiger partial charge in [0.15, 0.2) is 5.13 Å². The van der Waals surface area contributed by atoms with E-state index in [1.165, 1.54) is 18.4 Å². The van der Waals surface area contributed by atoms with Gasteiger partial charge in [0.05, 0.1) is 10.2 Å². The summed E-state index contributed by atoms with van der Waals surface area (Å²) < 4.78 is 0.876. The SMILES string of the molecule is Cc1cc2nc(N(C)C(=O)O)sc2cc1SC#N. The highest BCUT2D eigenvalue weighted by molar-refractivity contribution is 8.03. The minimum atomic E-state index is -1.04. The lowest BCUT2D eigenvalue weighted by atomic mass is 10.2. The van der Waals surface area contributed by atoms with E-state index in [9.17, 15) is 4.79 Å². The fraction of sp³-hybridized carbons (Fsp3) is 0.182. The lowest BCUT2D eigenvalue weighted by Gasteiger charge is -2.06. The number of thioether (sulfide) groups is 1. The number of amides is 1. The number of aromatic nitrogens is 1. The summed E-state index contributed by atoms with van der Waals surface area (Å²) in [5.74, 6) is 0. The zero-order valence-electron chi connectivity index (χ0n) is 9.67. The van der Waals surface area contributed by atoms with E-state index >= 15 is 0 Å². The van der Waals surface area contributed by atoms with Crippen LogP contribution in [0.4, 0.5) is 9.93 Å². The Morgan fingerprint density at radius 1 is 1.61 bits per heavy atom. The molecule has 0 aliphatic carbocycles. The van der Waals surface area contributed by atoms with E-state index in [0.717, 1.165) is 37.3 Å². The third-order valence-electron chi connectivity index (χ3n) is 2.40. The van der Waals surface area contributed by atoms with Gasteiger partial charge in [-0.3, -0.25) is 4.90 Å². The minimum absolute atomic E-state index is 0.427. The highest BCUT2D eigenvalue weighted by Gasteiger charge is 2.14. The fourth-order valence-electron chi connectivity index (χ4n) is 1.43. The third kappa shape index (κ3) is 2.25. The van der Waals surface area contributed by atoms with Crippen molar-refractivity contribution < 1.29 is 9.90 Å². The van der Waals surface area contributed by atoms with E-state index < -0.39 is 6.09 Å². The number of hydrogen-bond donors (Lipinski definition) is 1. The van der Waals surface area contributed by atoms with Crippen molar-refractivity contribution in [3.05, 3.63) is 17.7 Å². The molecule has 1 heterocycles. The molecule has 0 aliphatic heterocycles. The monoisotopic (exact) mass is 279 g/mol. The van der Waals surface area contributed by atoms with Gasteiger partial charge in [0.1, 0.15) is 5.40 Å². The van der Waals surface area contributed by atoms with Gasteiger partial charge in [-0.2, -0.15) is 5.26 Å². The van der Waals surface area contributed by atoms with E-state index in [-0.39, 0.29) is 0 Å². The molecule has 0 fully saturated rings. The number of carbonyl (C=O) groups is 1. The Labute approximate surface area is 112 Å². The summed E-state index contributed by atoms with van der Waals surface area (Å²) in [6.07, 6.45) is -1.04. The highest BCUT2D eigenvalue weighted by atomic mass is 32.2. The molecule has 5 nitrogen and oxygen atoms in total. The molecule has 0 unspecified atom stereocenters. The van der Waals surface area contributed by atoms with E-state index in [4.69, 9.17) is 10.4 Å². The molecule has 0 saturated carbocycles. The number of carboxylic acid groups (broad SMARTS) is 1. The van der Waals surface area contributed by atoms with Crippen LogP contribution in [0.1, 0.15) is 5.56 Å². The summed E-state index contributed by atoms with van der Waals surface area (Å²) in [6, 6.07) is 3.74. The first-order valence-corrected chi connectivity index (χ1v) is 6.60. The molecule has 1 amide bonds. The molecule has 1 aromatic carbocycles. The molecule has 1 N–H and O–H groups in total. The summed E-state index contributed by atoms with van der Waals surface area (Å²) in [5.41, 5.74) is 1.71. The largest absolute Gasteiger partial charge is 0.465 e. The predicted octanol–water partition coefficient (Wildman–Crippen LogP) is 3.29. The van der Waals surface area contributed by atoms with Gasteiger partial charge in [-0.1, -0.05) is 11.3 Å². The summed E-state index contributed by atoms with van der Waals surface area (Å²) in [5, 5.41) is 20.1. The molecule has 2 rings (SSSR count). The molecule has 18 heavy (non-hydrogen) atoms. The van der Waals surface area contributed by atoms with E-state index in [1.54, 1.807) is 0 Å². The first-order chi connectivity index (χ1) is 8.52. The van der Waals surface area contributed by atoms with Gasteiger partial charge in [0.25, 0.3) is 0 Å². The minimum Gasteiger partial charge on any atom is -0.465 e. The molecule has 1 aromatic heterocycles. The summed E-state index contributed by atoms with van der Waals surface area (Å²) in [6.45, 7) is 1.90. The Morgan fingerprint density at radius 2 is 2.33 bits per heavy atom.